The van der Waals surface area contributed by atoms with Gasteiger partial charge in [-0.1, -0.05) is 81.8 Å². The molecule has 4 aromatic carbocycles. The lowest BCUT2D eigenvalue weighted by molar-refractivity contribution is 0.660. The molecule has 0 spiro atoms. The third-order valence-electron chi connectivity index (χ3n) is 9.24. The van der Waals surface area contributed by atoms with Gasteiger partial charge in [0, 0.05) is 37.6 Å². The fraction of sp³-hybridized carbons (Fsp3) is 0.179. The maximum atomic E-state index is 9.27. The van der Waals surface area contributed by atoms with Crippen LogP contribution in [0.25, 0.3) is 32.5 Å². The van der Waals surface area contributed by atoms with Crippen LogP contribution < -0.4 is 4.90 Å². The molecule has 0 unspecified atom stereocenters. The molecule has 43 heavy (non-hydrogen) atoms. The van der Waals surface area contributed by atoms with E-state index in [2.05, 4.69) is 135 Å². The maximum Gasteiger partial charge on any atom is 0.263 e. The number of benzene rings is 4. The zero-order valence-electron chi connectivity index (χ0n) is 25.0. The smallest absolute Gasteiger partial charge is 0.263 e. The molecule has 0 bridgehead atoms. The van der Waals surface area contributed by atoms with E-state index in [4.69, 9.17) is 6.57 Å². The Bertz CT molecular complexity index is 2040. The van der Waals surface area contributed by atoms with E-state index in [9.17, 15) is 5.26 Å². The number of anilines is 3. The Labute approximate surface area is 257 Å². The fourth-order valence-electron chi connectivity index (χ4n) is 6.87. The molecule has 1 heterocycles. The van der Waals surface area contributed by atoms with E-state index in [1.165, 1.54) is 49.4 Å². The van der Waals surface area contributed by atoms with Gasteiger partial charge in [0.1, 0.15) is 0 Å². The van der Waals surface area contributed by atoms with Crippen molar-refractivity contribution in [1.82, 2.24) is 0 Å². The van der Waals surface area contributed by atoms with Gasteiger partial charge in [-0.2, -0.15) is 0 Å². The summed E-state index contributed by atoms with van der Waals surface area (Å²) < 4.78 is 0. The second kappa shape index (κ2) is 9.56. The first-order valence-corrected chi connectivity index (χ1v) is 15.3. The Morgan fingerprint density at radius 2 is 1.33 bits per heavy atom. The predicted octanol–water partition coefficient (Wildman–Crippen LogP) is 10.9. The molecule has 208 valence electrons. The quantitative estimate of drug-likeness (QED) is 0.158. The van der Waals surface area contributed by atoms with Crippen molar-refractivity contribution in [2.24, 2.45) is 0 Å². The van der Waals surface area contributed by atoms with Crippen LogP contribution in [0.15, 0.2) is 96.7 Å². The first kappa shape index (κ1) is 27.0. The van der Waals surface area contributed by atoms with Gasteiger partial charge in [-0.3, -0.25) is 0 Å². The van der Waals surface area contributed by atoms with E-state index in [-0.39, 0.29) is 16.5 Å². The molecule has 5 aromatic rings. The summed E-state index contributed by atoms with van der Waals surface area (Å²) in [7, 11) is 0. The van der Waals surface area contributed by atoms with Crippen molar-refractivity contribution in [2.45, 2.75) is 45.4 Å². The minimum absolute atomic E-state index is 0.0834. The minimum Gasteiger partial charge on any atom is -0.310 e. The highest BCUT2D eigenvalue weighted by Crippen LogP contribution is 2.55. The fourth-order valence-corrected chi connectivity index (χ4v) is 8.17. The standard InChI is InChI=1S/C39H31N3S/c1-24-11-13-26(14-12-24)42(27-15-17-31-30-9-7-8-10-33(30)38(2,3)34(31)20-27)28-16-18-32-35(21-28)39(4,5)36-22-29(43-37(32)36)19-25(23-40)41-6/h7-22H,1-5H3/b25-19-. The van der Waals surface area contributed by atoms with Gasteiger partial charge in [0.2, 0.25) is 0 Å². The lowest BCUT2D eigenvalue weighted by Crippen LogP contribution is -2.18. The molecule has 2 aliphatic rings. The number of allylic oxidation sites excluding steroid dienone is 1. The predicted molar refractivity (Wildman–Crippen MR) is 179 cm³/mol. The highest BCUT2D eigenvalue weighted by atomic mass is 32.1. The molecule has 2 aliphatic carbocycles. The number of nitriles is 1. The molecule has 0 N–H and O–H groups in total. The Balaban J connectivity index is 1.37. The monoisotopic (exact) mass is 573 g/mol. The first-order valence-electron chi connectivity index (χ1n) is 14.5. The largest absolute Gasteiger partial charge is 0.310 e. The molecular formula is C39H31N3S. The van der Waals surface area contributed by atoms with Gasteiger partial charge >= 0.3 is 0 Å². The summed E-state index contributed by atoms with van der Waals surface area (Å²) in [5.41, 5.74) is 13.6. The number of thiophene rings is 1. The lowest BCUT2D eigenvalue weighted by Gasteiger charge is -2.29. The highest BCUT2D eigenvalue weighted by Gasteiger charge is 2.39. The SMILES string of the molecule is [C-]#[N+]/C(C#N)=C\c1cc2c(s1)-c1ccc(N(c3ccc(C)cc3)c3ccc4c(c3)C(C)(C)c3ccccc3-4)cc1C2(C)C. The second-order valence-electron chi connectivity index (χ2n) is 12.6. The van der Waals surface area contributed by atoms with Crippen LogP contribution in [0.4, 0.5) is 17.1 Å². The van der Waals surface area contributed by atoms with Crippen molar-refractivity contribution in [1.29, 1.82) is 5.26 Å². The van der Waals surface area contributed by atoms with E-state index in [0.717, 1.165) is 21.9 Å². The Morgan fingerprint density at radius 3 is 2.00 bits per heavy atom. The van der Waals surface area contributed by atoms with Gasteiger partial charge in [-0.25, -0.2) is 10.1 Å². The van der Waals surface area contributed by atoms with Crippen molar-refractivity contribution in [3.05, 3.63) is 141 Å². The van der Waals surface area contributed by atoms with E-state index >= 15 is 0 Å². The summed E-state index contributed by atoms with van der Waals surface area (Å²) in [5.74, 6) is 0. The summed E-state index contributed by atoms with van der Waals surface area (Å²) in [5, 5.41) is 9.27. The zero-order chi connectivity index (χ0) is 30.1. The molecule has 0 amide bonds. The van der Waals surface area contributed by atoms with Crippen LogP contribution >= 0.6 is 11.3 Å². The molecule has 0 saturated heterocycles. The van der Waals surface area contributed by atoms with Crippen molar-refractivity contribution < 1.29 is 0 Å². The van der Waals surface area contributed by atoms with Gasteiger partial charge in [0.05, 0.1) is 12.6 Å². The number of hydrogen-bond acceptors (Lipinski definition) is 3. The normalized spacial score (nSPS) is 15.1. The van der Waals surface area contributed by atoms with Crippen LogP contribution in [0.3, 0.4) is 0 Å². The second-order valence-corrected chi connectivity index (χ2v) is 13.7. The molecule has 3 nitrogen and oxygen atoms in total. The molecule has 0 radical (unpaired) electrons. The van der Waals surface area contributed by atoms with E-state index in [1.54, 1.807) is 17.4 Å². The lowest BCUT2D eigenvalue weighted by atomic mass is 9.82. The van der Waals surface area contributed by atoms with Gasteiger partial charge in [0.25, 0.3) is 5.70 Å². The molecule has 1 aromatic heterocycles. The van der Waals surface area contributed by atoms with Crippen LogP contribution in [-0.4, -0.2) is 0 Å². The van der Waals surface area contributed by atoms with Gasteiger partial charge in [0.15, 0.2) is 0 Å². The number of fused-ring (bicyclic) bond motifs is 6. The average molecular weight is 574 g/mol. The first-order chi connectivity index (χ1) is 20.6. The van der Waals surface area contributed by atoms with Gasteiger partial charge < -0.3 is 4.90 Å². The van der Waals surface area contributed by atoms with Crippen LogP contribution in [-0.2, 0) is 10.8 Å². The summed E-state index contributed by atoms with van der Waals surface area (Å²) in [4.78, 5) is 7.90. The topological polar surface area (TPSA) is 31.4 Å². The Morgan fingerprint density at radius 1 is 0.744 bits per heavy atom. The van der Waals surface area contributed by atoms with Crippen LogP contribution in [0, 0.1) is 24.8 Å². The van der Waals surface area contributed by atoms with Crippen molar-refractivity contribution in [2.75, 3.05) is 4.90 Å². The Hall–Kier alpha value is -4.90. The van der Waals surface area contributed by atoms with Crippen molar-refractivity contribution >= 4 is 34.5 Å². The zero-order valence-corrected chi connectivity index (χ0v) is 25.8. The average Bonchev–Trinajstić information content (AvgIpc) is 3.60. The third-order valence-corrected chi connectivity index (χ3v) is 10.4. The minimum atomic E-state index is -0.214. The van der Waals surface area contributed by atoms with Crippen molar-refractivity contribution in [3.63, 3.8) is 0 Å². The maximum absolute atomic E-state index is 9.27. The summed E-state index contributed by atoms with van der Waals surface area (Å²) in [6.07, 6.45) is 1.70. The van der Waals surface area contributed by atoms with Crippen molar-refractivity contribution in [3.8, 4) is 27.6 Å². The molecule has 4 heteroatoms. The number of aryl methyl sites for hydroxylation is 1. The van der Waals surface area contributed by atoms with Crippen LogP contribution in [0.5, 0.6) is 0 Å². The van der Waals surface area contributed by atoms with Gasteiger partial charge in [-0.05, 0) is 94.4 Å². The molecule has 0 atom stereocenters. The summed E-state index contributed by atoms with van der Waals surface area (Å²) in [6.45, 7) is 18.6. The van der Waals surface area contributed by atoms with E-state index < -0.39 is 0 Å². The van der Waals surface area contributed by atoms with Crippen LogP contribution in [0.2, 0.25) is 0 Å². The molecule has 0 saturated carbocycles. The number of hydrogen-bond donors (Lipinski definition) is 0. The van der Waals surface area contributed by atoms with E-state index in [0.29, 0.717) is 0 Å². The number of rotatable bonds is 4. The molecule has 0 aliphatic heterocycles. The third kappa shape index (κ3) is 4.06. The summed E-state index contributed by atoms with van der Waals surface area (Å²) in [6, 6.07) is 35.5. The van der Waals surface area contributed by atoms with E-state index in [1.807, 2.05) is 6.07 Å². The molecular weight excluding hydrogens is 543 g/mol. The Kier molecular flexibility index (Phi) is 6.00. The highest BCUT2D eigenvalue weighted by molar-refractivity contribution is 7.16. The summed E-state index contributed by atoms with van der Waals surface area (Å²) >= 11 is 1.66. The van der Waals surface area contributed by atoms with Crippen LogP contribution in [0.1, 0.15) is 60.4 Å². The molecule has 7 rings (SSSR count). The van der Waals surface area contributed by atoms with Gasteiger partial charge in [-0.15, -0.1) is 11.3 Å². The number of nitrogens with zero attached hydrogens (tertiary/aromatic N) is 3. The molecule has 0 fully saturated rings.